The predicted octanol–water partition coefficient (Wildman–Crippen LogP) is 2.80. The third kappa shape index (κ3) is 3.63. The van der Waals surface area contributed by atoms with Crippen molar-refractivity contribution < 1.29 is 13.2 Å². The second-order valence-corrected chi connectivity index (χ2v) is 4.45. The number of benzene rings is 1. The van der Waals surface area contributed by atoms with Crippen molar-refractivity contribution in [2.24, 2.45) is 0 Å². The van der Waals surface area contributed by atoms with Crippen molar-refractivity contribution in [2.75, 3.05) is 12.3 Å². The molecule has 0 atom stereocenters. The number of nitrogen functional groups attached to an aromatic ring is 1. The molecule has 0 bridgehead atoms. The van der Waals surface area contributed by atoms with Crippen molar-refractivity contribution in [1.29, 1.82) is 0 Å². The van der Waals surface area contributed by atoms with E-state index < -0.39 is 12.7 Å². The number of para-hydroxylation sites is 1. The minimum absolute atomic E-state index is 0.0660. The molecule has 0 radical (unpaired) electrons. The zero-order valence-corrected chi connectivity index (χ0v) is 9.37. The van der Waals surface area contributed by atoms with E-state index in [0.29, 0.717) is 5.69 Å². The highest BCUT2D eigenvalue weighted by Crippen LogP contribution is 2.32. The molecular weight excluding hydrogens is 229 g/mol. The monoisotopic (exact) mass is 244 g/mol. The van der Waals surface area contributed by atoms with Gasteiger partial charge in [0.25, 0.3) is 0 Å². The Kier molecular flexibility index (Phi) is 3.28. The Morgan fingerprint density at radius 3 is 2.41 bits per heavy atom. The molecular formula is C12H15F3N2. The fraction of sp³-hybridized carbons (Fsp3) is 0.500. The Morgan fingerprint density at radius 2 is 1.88 bits per heavy atom. The summed E-state index contributed by atoms with van der Waals surface area (Å²) in [5.74, 6) is 0. The first-order chi connectivity index (χ1) is 7.96. The molecule has 1 saturated carbocycles. The smallest absolute Gasteiger partial charge is 0.398 e. The van der Waals surface area contributed by atoms with Gasteiger partial charge in [-0.1, -0.05) is 18.2 Å². The molecule has 2 N–H and O–H groups in total. The van der Waals surface area contributed by atoms with Gasteiger partial charge in [0.05, 0.1) is 6.54 Å². The van der Waals surface area contributed by atoms with Gasteiger partial charge < -0.3 is 5.73 Å². The fourth-order valence-electron chi connectivity index (χ4n) is 1.88. The Hall–Kier alpha value is -1.23. The second-order valence-electron chi connectivity index (χ2n) is 4.45. The van der Waals surface area contributed by atoms with Crippen LogP contribution in [0.3, 0.4) is 0 Å². The van der Waals surface area contributed by atoms with Crippen LogP contribution in [0.5, 0.6) is 0 Å². The minimum atomic E-state index is -4.15. The molecule has 1 aliphatic carbocycles. The van der Waals surface area contributed by atoms with Gasteiger partial charge in [-0.3, -0.25) is 4.90 Å². The molecule has 5 heteroatoms. The number of rotatable bonds is 4. The van der Waals surface area contributed by atoms with E-state index in [1.807, 2.05) is 0 Å². The minimum Gasteiger partial charge on any atom is -0.398 e. The van der Waals surface area contributed by atoms with Gasteiger partial charge in [-0.25, -0.2) is 0 Å². The molecule has 0 spiro atoms. The molecule has 0 aliphatic heterocycles. The van der Waals surface area contributed by atoms with Gasteiger partial charge in [-0.2, -0.15) is 13.2 Å². The lowest BCUT2D eigenvalue weighted by molar-refractivity contribution is -0.148. The summed E-state index contributed by atoms with van der Waals surface area (Å²) in [6, 6.07) is 7.14. The number of halogens is 3. The largest absolute Gasteiger partial charge is 0.401 e. The van der Waals surface area contributed by atoms with Crippen LogP contribution in [0, 0.1) is 0 Å². The lowest BCUT2D eigenvalue weighted by atomic mass is 10.1. The number of nitrogens with two attached hydrogens (primary N) is 1. The average Bonchev–Trinajstić information content (AvgIpc) is 3.01. The Balaban J connectivity index is 2.05. The van der Waals surface area contributed by atoms with Crippen LogP contribution in [-0.2, 0) is 6.54 Å². The van der Waals surface area contributed by atoms with Gasteiger partial charge in [0.15, 0.2) is 0 Å². The molecule has 0 amide bonds. The van der Waals surface area contributed by atoms with Crippen LogP contribution < -0.4 is 5.73 Å². The van der Waals surface area contributed by atoms with Crippen LogP contribution in [0.2, 0.25) is 0 Å². The van der Waals surface area contributed by atoms with E-state index in [2.05, 4.69) is 0 Å². The molecule has 0 heterocycles. The number of nitrogens with zero attached hydrogens (tertiary/aromatic N) is 1. The average molecular weight is 244 g/mol. The summed E-state index contributed by atoms with van der Waals surface area (Å²) in [7, 11) is 0. The zero-order valence-electron chi connectivity index (χ0n) is 9.37. The van der Waals surface area contributed by atoms with Crippen LogP contribution in [0.25, 0.3) is 0 Å². The fourth-order valence-corrected chi connectivity index (χ4v) is 1.88. The van der Waals surface area contributed by atoms with Crippen LogP contribution in [0.15, 0.2) is 24.3 Å². The van der Waals surface area contributed by atoms with Crippen LogP contribution in [-0.4, -0.2) is 23.7 Å². The molecule has 0 aromatic heterocycles. The van der Waals surface area contributed by atoms with Gasteiger partial charge in [0, 0.05) is 18.3 Å². The van der Waals surface area contributed by atoms with E-state index >= 15 is 0 Å². The highest BCUT2D eigenvalue weighted by molar-refractivity contribution is 5.46. The van der Waals surface area contributed by atoms with Gasteiger partial charge >= 0.3 is 6.18 Å². The first kappa shape index (κ1) is 12.2. The van der Waals surface area contributed by atoms with Crippen LogP contribution in [0.1, 0.15) is 18.4 Å². The maximum absolute atomic E-state index is 12.4. The van der Waals surface area contributed by atoms with Crippen LogP contribution >= 0.6 is 0 Å². The van der Waals surface area contributed by atoms with E-state index in [-0.39, 0.29) is 12.6 Å². The molecule has 2 nitrogen and oxygen atoms in total. The summed E-state index contributed by atoms with van der Waals surface area (Å²) in [5, 5.41) is 0. The van der Waals surface area contributed by atoms with Crippen molar-refractivity contribution in [3.63, 3.8) is 0 Å². The first-order valence-corrected chi connectivity index (χ1v) is 5.60. The maximum atomic E-state index is 12.4. The van der Waals surface area contributed by atoms with Gasteiger partial charge in [0.1, 0.15) is 0 Å². The lowest BCUT2D eigenvalue weighted by Crippen LogP contribution is -2.35. The number of hydrogen-bond acceptors (Lipinski definition) is 2. The highest BCUT2D eigenvalue weighted by atomic mass is 19.4. The van der Waals surface area contributed by atoms with Gasteiger partial charge in [-0.15, -0.1) is 0 Å². The van der Waals surface area contributed by atoms with Crippen LogP contribution in [0.4, 0.5) is 18.9 Å². The van der Waals surface area contributed by atoms with E-state index in [0.717, 1.165) is 18.4 Å². The summed E-state index contributed by atoms with van der Waals surface area (Å²) in [4.78, 5) is 1.46. The summed E-state index contributed by atoms with van der Waals surface area (Å²) in [6.45, 7) is -0.581. The Labute approximate surface area is 98.2 Å². The summed E-state index contributed by atoms with van der Waals surface area (Å²) >= 11 is 0. The first-order valence-electron chi connectivity index (χ1n) is 5.60. The number of alkyl halides is 3. The van der Waals surface area contributed by atoms with E-state index in [4.69, 9.17) is 5.73 Å². The van der Waals surface area contributed by atoms with Crippen molar-refractivity contribution >= 4 is 5.69 Å². The molecule has 1 aromatic rings. The van der Waals surface area contributed by atoms with E-state index in [9.17, 15) is 13.2 Å². The molecule has 1 aromatic carbocycles. The molecule has 0 unspecified atom stereocenters. The normalized spacial score (nSPS) is 16.5. The Morgan fingerprint density at radius 1 is 1.24 bits per heavy atom. The quantitative estimate of drug-likeness (QED) is 0.825. The third-order valence-corrected chi connectivity index (χ3v) is 2.87. The zero-order chi connectivity index (χ0) is 12.5. The molecule has 0 saturated heterocycles. The summed E-state index contributed by atoms with van der Waals surface area (Å²) in [5.41, 5.74) is 7.07. The van der Waals surface area contributed by atoms with Gasteiger partial charge in [0.2, 0.25) is 0 Å². The Bertz CT molecular complexity index is 386. The van der Waals surface area contributed by atoms with Crippen molar-refractivity contribution in [2.45, 2.75) is 31.6 Å². The van der Waals surface area contributed by atoms with Gasteiger partial charge in [-0.05, 0) is 24.5 Å². The third-order valence-electron chi connectivity index (χ3n) is 2.87. The maximum Gasteiger partial charge on any atom is 0.401 e. The highest BCUT2D eigenvalue weighted by Gasteiger charge is 2.37. The molecule has 94 valence electrons. The molecule has 1 fully saturated rings. The van der Waals surface area contributed by atoms with Crippen molar-refractivity contribution in [1.82, 2.24) is 4.90 Å². The predicted molar refractivity (Wildman–Crippen MR) is 60.3 cm³/mol. The van der Waals surface area contributed by atoms with Crippen molar-refractivity contribution in [3.05, 3.63) is 29.8 Å². The lowest BCUT2D eigenvalue weighted by Gasteiger charge is -2.24. The van der Waals surface area contributed by atoms with E-state index in [1.165, 1.54) is 4.90 Å². The summed E-state index contributed by atoms with van der Waals surface area (Å²) in [6.07, 6.45) is -2.45. The molecule has 17 heavy (non-hydrogen) atoms. The topological polar surface area (TPSA) is 29.3 Å². The standard InChI is InChI=1S/C12H15F3N2/c13-12(14,15)8-17(10-5-6-10)7-9-3-1-2-4-11(9)16/h1-4,10H,5-8,16H2. The number of anilines is 1. The molecule has 2 rings (SSSR count). The second kappa shape index (κ2) is 4.56. The SMILES string of the molecule is Nc1ccccc1CN(CC(F)(F)F)C1CC1. The summed E-state index contributed by atoms with van der Waals surface area (Å²) < 4.78 is 37.3. The van der Waals surface area contributed by atoms with Crippen molar-refractivity contribution in [3.8, 4) is 0 Å². The van der Waals surface area contributed by atoms with E-state index in [1.54, 1.807) is 24.3 Å². The number of hydrogen-bond donors (Lipinski definition) is 1. The molecule has 1 aliphatic rings.